The summed E-state index contributed by atoms with van der Waals surface area (Å²) in [6.45, 7) is -0.00881. The van der Waals surface area contributed by atoms with Crippen molar-refractivity contribution >= 4 is 27.5 Å². The Bertz CT molecular complexity index is 576. The number of fused-ring (bicyclic) bond motifs is 1. The Morgan fingerprint density at radius 1 is 1.16 bits per heavy atom. The van der Waals surface area contributed by atoms with Gasteiger partial charge < -0.3 is 14.2 Å². The zero-order valence-electron chi connectivity index (χ0n) is 10.4. The lowest BCUT2D eigenvalue weighted by molar-refractivity contribution is 0.0499. The van der Waals surface area contributed by atoms with Gasteiger partial charge in [0.1, 0.15) is 10.2 Å². The second kappa shape index (κ2) is 5.54. The third-order valence-corrected chi connectivity index (χ3v) is 3.36. The topological polar surface area (TPSA) is 61.8 Å². The van der Waals surface area contributed by atoms with Crippen LogP contribution < -0.4 is 4.74 Å². The van der Waals surface area contributed by atoms with Crippen LogP contribution >= 0.6 is 15.9 Å². The van der Waals surface area contributed by atoms with Gasteiger partial charge in [-0.1, -0.05) is 6.07 Å². The van der Waals surface area contributed by atoms with E-state index in [1.807, 2.05) is 0 Å². The fourth-order valence-electron chi connectivity index (χ4n) is 1.81. The molecule has 0 saturated heterocycles. The SMILES string of the molecule is COCOc1cccc2c1C(=O)C(OC)=C(Br)C2=O. The zero-order valence-corrected chi connectivity index (χ0v) is 11.9. The van der Waals surface area contributed by atoms with E-state index in [1.54, 1.807) is 18.2 Å². The lowest BCUT2D eigenvalue weighted by Gasteiger charge is -2.19. The third kappa shape index (κ3) is 2.29. The van der Waals surface area contributed by atoms with Crippen LogP contribution in [0.25, 0.3) is 0 Å². The highest BCUT2D eigenvalue weighted by atomic mass is 79.9. The maximum atomic E-state index is 12.3. The highest BCUT2D eigenvalue weighted by molar-refractivity contribution is 9.12. The predicted molar refractivity (Wildman–Crippen MR) is 70.6 cm³/mol. The van der Waals surface area contributed by atoms with Crippen LogP contribution in [0.4, 0.5) is 0 Å². The molecule has 0 bridgehead atoms. The first kappa shape index (κ1) is 13.8. The standard InChI is InChI=1S/C13H11BrO5/c1-17-6-19-8-5-3-4-7-9(8)12(16)13(18-2)10(14)11(7)15/h3-5H,6H2,1-2H3. The number of allylic oxidation sites excluding steroid dienone is 2. The largest absolute Gasteiger partial charge is 0.491 e. The number of carbonyl (C=O) groups excluding carboxylic acids is 2. The summed E-state index contributed by atoms with van der Waals surface area (Å²) in [5, 5.41) is 0. The number of hydrogen-bond acceptors (Lipinski definition) is 5. The Morgan fingerprint density at radius 2 is 1.89 bits per heavy atom. The number of rotatable bonds is 4. The van der Waals surface area contributed by atoms with E-state index in [0.29, 0.717) is 5.75 Å². The third-order valence-electron chi connectivity index (χ3n) is 2.64. The van der Waals surface area contributed by atoms with E-state index < -0.39 is 5.78 Å². The molecule has 0 saturated carbocycles. The summed E-state index contributed by atoms with van der Waals surface area (Å²) < 4.78 is 15.2. The van der Waals surface area contributed by atoms with Gasteiger partial charge in [0.15, 0.2) is 12.6 Å². The van der Waals surface area contributed by atoms with Crippen LogP contribution in [0.15, 0.2) is 28.4 Å². The van der Waals surface area contributed by atoms with Crippen LogP contribution in [0.5, 0.6) is 5.75 Å². The predicted octanol–water partition coefficient (Wildman–Crippen LogP) is 2.30. The summed E-state index contributed by atoms with van der Waals surface area (Å²) >= 11 is 3.09. The number of carbonyl (C=O) groups is 2. The van der Waals surface area contributed by atoms with Crippen LogP contribution in [0.3, 0.4) is 0 Å². The summed E-state index contributed by atoms with van der Waals surface area (Å²) in [7, 11) is 2.81. The van der Waals surface area contributed by atoms with Gasteiger partial charge in [-0.3, -0.25) is 9.59 Å². The zero-order chi connectivity index (χ0) is 14.0. The van der Waals surface area contributed by atoms with Crippen LogP contribution in [-0.2, 0) is 9.47 Å². The van der Waals surface area contributed by atoms with Crippen LogP contribution in [0, 0.1) is 0 Å². The average molecular weight is 327 g/mol. The summed E-state index contributed by atoms with van der Waals surface area (Å²) in [6, 6.07) is 4.82. The van der Waals surface area contributed by atoms with Crippen molar-refractivity contribution in [1.82, 2.24) is 0 Å². The number of ether oxygens (including phenoxy) is 3. The maximum Gasteiger partial charge on any atom is 0.233 e. The molecular formula is C13H11BrO5. The first-order valence-electron chi connectivity index (χ1n) is 5.39. The van der Waals surface area contributed by atoms with Crippen molar-refractivity contribution in [3.8, 4) is 5.75 Å². The summed E-state index contributed by atoms with van der Waals surface area (Å²) in [5.41, 5.74) is 0.482. The number of ketones is 2. The number of hydrogen-bond donors (Lipinski definition) is 0. The van der Waals surface area contributed by atoms with Gasteiger partial charge in [0, 0.05) is 12.7 Å². The molecule has 19 heavy (non-hydrogen) atoms. The fourth-order valence-corrected chi connectivity index (χ4v) is 2.37. The molecule has 0 aromatic heterocycles. The Labute approximate surface area is 118 Å². The van der Waals surface area contributed by atoms with Crippen LogP contribution in [0.2, 0.25) is 0 Å². The van der Waals surface area contributed by atoms with Gasteiger partial charge >= 0.3 is 0 Å². The van der Waals surface area contributed by atoms with Crippen molar-refractivity contribution in [2.75, 3.05) is 21.0 Å². The lowest BCUT2D eigenvalue weighted by atomic mass is 9.92. The molecule has 1 aromatic rings. The molecular weight excluding hydrogens is 316 g/mol. The van der Waals surface area contributed by atoms with Gasteiger partial charge in [0.25, 0.3) is 0 Å². The van der Waals surface area contributed by atoms with Crippen LogP contribution in [0.1, 0.15) is 20.7 Å². The molecule has 0 atom stereocenters. The van der Waals surface area contributed by atoms with Gasteiger partial charge in [-0.2, -0.15) is 0 Å². The molecule has 0 heterocycles. The summed E-state index contributed by atoms with van der Waals surface area (Å²) in [5.74, 6) is -0.428. The molecule has 0 fully saturated rings. The Hall–Kier alpha value is -1.66. The Kier molecular flexibility index (Phi) is 4.01. The van der Waals surface area contributed by atoms with E-state index in [-0.39, 0.29) is 33.9 Å². The molecule has 6 heteroatoms. The minimum Gasteiger partial charge on any atom is -0.491 e. The second-order valence-corrected chi connectivity index (χ2v) is 4.53. The molecule has 0 radical (unpaired) electrons. The van der Waals surface area contributed by atoms with E-state index in [1.165, 1.54) is 14.2 Å². The van der Waals surface area contributed by atoms with E-state index in [2.05, 4.69) is 15.9 Å². The van der Waals surface area contributed by atoms with Gasteiger partial charge in [-0.15, -0.1) is 0 Å². The molecule has 5 nitrogen and oxygen atoms in total. The van der Waals surface area contributed by atoms with Gasteiger partial charge in [-0.25, -0.2) is 0 Å². The van der Waals surface area contributed by atoms with E-state index in [4.69, 9.17) is 14.2 Å². The molecule has 0 aliphatic heterocycles. The first-order valence-corrected chi connectivity index (χ1v) is 6.19. The lowest BCUT2D eigenvalue weighted by Crippen LogP contribution is -2.22. The van der Waals surface area contributed by atoms with Crippen molar-refractivity contribution in [3.05, 3.63) is 39.6 Å². The molecule has 1 aliphatic rings. The molecule has 1 aliphatic carbocycles. The maximum absolute atomic E-state index is 12.3. The van der Waals surface area contributed by atoms with Crippen molar-refractivity contribution in [1.29, 1.82) is 0 Å². The number of methoxy groups -OCH3 is 2. The summed E-state index contributed by atoms with van der Waals surface area (Å²) in [4.78, 5) is 24.4. The molecule has 0 spiro atoms. The van der Waals surface area contributed by atoms with Crippen molar-refractivity contribution in [3.63, 3.8) is 0 Å². The van der Waals surface area contributed by atoms with E-state index >= 15 is 0 Å². The highest BCUT2D eigenvalue weighted by Gasteiger charge is 2.34. The molecule has 0 N–H and O–H groups in total. The molecule has 0 unspecified atom stereocenters. The smallest absolute Gasteiger partial charge is 0.233 e. The monoisotopic (exact) mass is 326 g/mol. The average Bonchev–Trinajstić information content (AvgIpc) is 2.43. The van der Waals surface area contributed by atoms with E-state index in [0.717, 1.165) is 0 Å². The molecule has 1 aromatic carbocycles. The fraction of sp³-hybridized carbons (Fsp3) is 0.231. The van der Waals surface area contributed by atoms with E-state index in [9.17, 15) is 9.59 Å². The van der Waals surface area contributed by atoms with Crippen LogP contribution in [-0.4, -0.2) is 32.6 Å². The number of Topliss-reactive ketones (excluding diaryl/α,β-unsaturated/α-hetero) is 2. The molecule has 100 valence electrons. The van der Waals surface area contributed by atoms with Crippen molar-refractivity contribution in [2.24, 2.45) is 0 Å². The quantitative estimate of drug-likeness (QED) is 0.794. The minimum absolute atomic E-state index is 0.00881. The number of halogens is 1. The van der Waals surface area contributed by atoms with Crippen molar-refractivity contribution in [2.45, 2.75) is 0 Å². The number of benzene rings is 1. The first-order chi connectivity index (χ1) is 9.11. The van der Waals surface area contributed by atoms with Crippen molar-refractivity contribution < 1.29 is 23.8 Å². The highest BCUT2D eigenvalue weighted by Crippen LogP contribution is 2.34. The second-order valence-electron chi connectivity index (χ2n) is 3.74. The Morgan fingerprint density at radius 3 is 2.53 bits per heavy atom. The van der Waals surface area contributed by atoms with Gasteiger partial charge in [-0.05, 0) is 28.1 Å². The normalized spacial score (nSPS) is 14.5. The molecule has 2 rings (SSSR count). The minimum atomic E-state index is -0.393. The van der Waals surface area contributed by atoms with Gasteiger partial charge in [0.05, 0.1) is 12.7 Å². The summed E-state index contributed by atoms with van der Waals surface area (Å²) in [6.07, 6.45) is 0. The van der Waals surface area contributed by atoms with Gasteiger partial charge in [0.2, 0.25) is 11.6 Å². The Balaban J connectivity index is 2.56. The molecule has 0 amide bonds.